The van der Waals surface area contributed by atoms with E-state index in [9.17, 15) is 4.79 Å². The highest BCUT2D eigenvalue weighted by Gasteiger charge is 2.13. The number of fused-ring (bicyclic) bond motifs is 1. The van der Waals surface area contributed by atoms with Crippen LogP contribution in [-0.2, 0) is 0 Å². The molecular weight excluding hydrogens is 296 g/mol. The van der Waals surface area contributed by atoms with Crippen molar-refractivity contribution in [2.75, 3.05) is 0 Å². The molecule has 3 heteroatoms. The van der Waals surface area contributed by atoms with Crippen molar-refractivity contribution in [3.05, 3.63) is 84.2 Å². The first-order valence-corrected chi connectivity index (χ1v) is 7.86. The summed E-state index contributed by atoms with van der Waals surface area (Å²) >= 11 is 0. The Morgan fingerprint density at radius 2 is 1.50 bits per heavy atom. The quantitative estimate of drug-likeness (QED) is 0.510. The highest BCUT2D eigenvalue weighted by molar-refractivity contribution is 5.86. The van der Waals surface area contributed by atoms with E-state index in [4.69, 9.17) is 0 Å². The van der Waals surface area contributed by atoms with Crippen LogP contribution in [-0.4, -0.2) is 15.7 Å². The lowest BCUT2D eigenvalue weighted by molar-refractivity contribution is 0.111. The van der Waals surface area contributed by atoms with Gasteiger partial charge in [-0.2, -0.15) is 0 Å². The average molecular weight is 312 g/mol. The van der Waals surface area contributed by atoms with Crippen molar-refractivity contribution in [1.29, 1.82) is 0 Å². The molecule has 24 heavy (non-hydrogen) atoms. The van der Waals surface area contributed by atoms with Crippen LogP contribution in [0.2, 0.25) is 0 Å². The van der Waals surface area contributed by atoms with Crippen LogP contribution in [0.15, 0.2) is 72.9 Å². The molecule has 0 spiro atoms. The van der Waals surface area contributed by atoms with Crippen molar-refractivity contribution >= 4 is 11.9 Å². The molecule has 0 saturated carbocycles. The number of carbonyl (C=O) groups excluding carboxylic acids is 1. The van der Waals surface area contributed by atoms with Gasteiger partial charge in [0.2, 0.25) is 0 Å². The predicted octanol–water partition coefficient (Wildman–Crippen LogP) is 4.79. The van der Waals surface area contributed by atoms with Crippen LogP contribution < -0.4 is 0 Å². The molecule has 0 unspecified atom stereocenters. The second kappa shape index (κ2) is 5.78. The van der Waals surface area contributed by atoms with Crippen LogP contribution >= 0.6 is 0 Å². The monoisotopic (exact) mass is 312 g/mol. The van der Waals surface area contributed by atoms with Gasteiger partial charge in [-0.25, -0.2) is 4.98 Å². The van der Waals surface area contributed by atoms with Crippen LogP contribution in [0, 0.1) is 6.92 Å². The number of aldehydes is 1. The van der Waals surface area contributed by atoms with E-state index in [1.54, 1.807) is 0 Å². The minimum Gasteiger partial charge on any atom is -0.296 e. The highest BCUT2D eigenvalue weighted by Crippen LogP contribution is 2.27. The molecule has 4 rings (SSSR count). The smallest absolute Gasteiger partial charge is 0.169 e. The van der Waals surface area contributed by atoms with Crippen LogP contribution in [0.3, 0.4) is 0 Å². The Labute approximate surface area is 140 Å². The summed E-state index contributed by atoms with van der Waals surface area (Å²) in [6.45, 7) is 2.00. The maximum atomic E-state index is 11.6. The minimum atomic E-state index is 0.584. The average Bonchev–Trinajstić information content (AvgIpc) is 3.00. The molecule has 0 amide bonds. The first-order valence-electron chi connectivity index (χ1n) is 7.86. The zero-order chi connectivity index (χ0) is 16.5. The van der Waals surface area contributed by atoms with Gasteiger partial charge in [-0.3, -0.25) is 9.20 Å². The number of nitrogens with zero attached hydrogens (tertiary/aromatic N) is 2. The van der Waals surface area contributed by atoms with Crippen molar-refractivity contribution in [3.63, 3.8) is 0 Å². The Morgan fingerprint density at radius 3 is 2.21 bits per heavy atom. The third-order valence-electron chi connectivity index (χ3n) is 4.18. The molecule has 0 fully saturated rings. The number of rotatable bonds is 3. The normalized spacial score (nSPS) is 10.9. The van der Waals surface area contributed by atoms with Gasteiger partial charge in [0.15, 0.2) is 6.29 Å². The lowest BCUT2D eigenvalue weighted by Crippen LogP contribution is -1.93. The third-order valence-corrected chi connectivity index (χ3v) is 4.18. The van der Waals surface area contributed by atoms with Crippen LogP contribution in [0.5, 0.6) is 0 Å². The van der Waals surface area contributed by atoms with Gasteiger partial charge < -0.3 is 0 Å². The maximum Gasteiger partial charge on any atom is 0.169 e. The van der Waals surface area contributed by atoms with E-state index in [1.165, 1.54) is 5.56 Å². The number of carbonyl (C=O) groups is 1. The van der Waals surface area contributed by atoms with Gasteiger partial charge in [-0.15, -0.1) is 0 Å². The zero-order valence-electron chi connectivity index (χ0n) is 13.3. The lowest BCUT2D eigenvalue weighted by atomic mass is 10.0. The summed E-state index contributed by atoms with van der Waals surface area (Å²) in [5, 5.41) is 0. The van der Waals surface area contributed by atoms with Crippen LogP contribution in [0.1, 0.15) is 16.1 Å². The standard InChI is InChI=1S/C21H16N2O/c1-15-7-12-20-22-21(19(14-24)23(20)13-15)18-10-8-17(9-11-18)16-5-3-2-4-6-16/h2-14H,1H3. The molecule has 4 aromatic rings. The molecule has 0 atom stereocenters. The molecule has 0 saturated heterocycles. The Balaban J connectivity index is 1.82. The van der Waals surface area contributed by atoms with Gasteiger partial charge in [0.1, 0.15) is 17.0 Å². The van der Waals surface area contributed by atoms with Gasteiger partial charge in [0.05, 0.1) is 0 Å². The molecule has 0 aliphatic rings. The highest BCUT2D eigenvalue weighted by atomic mass is 16.1. The Morgan fingerprint density at radius 1 is 0.833 bits per heavy atom. The Hall–Kier alpha value is -3.20. The summed E-state index contributed by atoms with van der Waals surface area (Å²) in [6.07, 6.45) is 2.81. The molecule has 0 radical (unpaired) electrons. The van der Waals surface area contributed by atoms with Crippen molar-refractivity contribution in [1.82, 2.24) is 9.38 Å². The molecular formula is C21H16N2O. The second-order valence-electron chi connectivity index (χ2n) is 5.84. The number of hydrogen-bond acceptors (Lipinski definition) is 2. The first-order chi connectivity index (χ1) is 11.8. The van der Waals surface area contributed by atoms with Crippen molar-refractivity contribution < 1.29 is 4.79 Å². The van der Waals surface area contributed by atoms with Gasteiger partial charge in [-0.05, 0) is 29.7 Å². The van der Waals surface area contributed by atoms with Gasteiger partial charge in [-0.1, -0.05) is 60.7 Å². The van der Waals surface area contributed by atoms with Crippen LogP contribution in [0.25, 0.3) is 28.0 Å². The summed E-state index contributed by atoms with van der Waals surface area (Å²) < 4.78 is 1.85. The molecule has 0 aliphatic carbocycles. The molecule has 2 aromatic carbocycles. The molecule has 2 aromatic heterocycles. The summed E-state index contributed by atoms with van der Waals surface area (Å²) in [4.78, 5) is 16.2. The van der Waals surface area contributed by atoms with E-state index in [2.05, 4.69) is 29.2 Å². The van der Waals surface area contributed by atoms with E-state index in [0.717, 1.165) is 34.3 Å². The van der Waals surface area contributed by atoms with E-state index in [-0.39, 0.29) is 0 Å². The van der Waals surface area contributed by atoms with E-state index >= 15 is 0 Å². The van der Waals surface area contributed by atoms with Gasteiger partial charge >= 0.3 is 0 Å². The molecule has 116 valence electrons. The largest absolute Gasteiger partial charge is 0.296 e. The molecule has 0 N–H and O–H groups in total. The van der Waals surface area contributed by atoms with Crippen molar-refractivity contribution in [2.45, 2.75) is 6.92 Å². The maximum absolute atomic E-state index is 11.6. The molecule has 2 heterocycles. The SMILES string of the molecule is Cc1ccc2nc(-c3ccc(-c4ccccc4)cc3)c(C=O)n2c1. The lowest BCUT2D eigenvalue weighted by Gasteiger charge is -2.03. The van der Waals surface area contributed by atoms with Crippen molar-refractivity contribution in [2.24, 2.45) is 0 Å². The molecule has 0 aliphatic heterocycles. The summed E-state index contributed by atoms with van der Waals surface area (Å²) in [5.74, 6) is 0. The van der Waals surface area contributed by atoms with Crippen molar-refractivity contribution in [3.8, 4) is 22.4 Å². The summed E-state index contributed by atoms with van der Waals surface area (Å²) in [7, 11) is 0. The number of aromatic nitrogens is 2. The third kappa shape index (κ3) is 2.40. The Bertz CT molecular complexity index is 1020. The fourth-order valence-electron chi connectivity index (χ4n) is 2.95. The van der Waals surface area contributed by atoms with E-state index < -0.39 is 0 Å². The Kier molecular flexibility index (Phi) is 3.47. The number of aryl methyl sites for hydroxylation is 1. The topological polar surface area (TPSA) is 34.4 Å². The van der Waals surface area contributed by atoms with Gasteiger partial charge in [0, 0.05) is 11.8 Å². The fraction of sp³-hybridized carbons (Fsp3) is 0.0476. The number of pyridine rings is 1. The molecule has 0 bridgehead atoms. The fourth-order valence-corrected chi connectivity index (χ4v) is 2.95. The number of imidazole rings is 1. The van der Waals surface area contributed by atoms with Crippen LogP contribution in [0.4, 0.5) is 0 Å². The minimum absolute atomic E-state index is 0.584. The number of benzene rings is 2. The van der Waals surface area contributed by atoms with E-state index in [1.807, 2.05) is 60.0 Å². The zero-order valence-corrected chi connectivity index (χ0v) is 13.3. The summed E-state index contributed by atoms with van der Waals surface area (Å²) in [5.41, 5.74) is 6.44. The second-order valence-corrected chi connectivity index (χ2v) is 5.84. The number of hydrogen-bond donors (Lipinski definition) is 0. The summed E-state index contributed by atoms with van der Waals surface area (Å²) in [6, 6.07) is 22.3. The van der Waals surface area contributed by atoms with E-state index in [0.29, 0.717) is 5.69 Å². The van der Waals surface area contributed by atoms with Gasteiger partial charge in [0.25, 0.3) is 0 Å². The predicted molar refractivity (Wildman–Crippen MR) is 96.2 cm³/mol. The first kappa shape index (κ1) is 14.4. The molecule has 3 nitrogen and oxygen atoms in total.